The number of fused-ring (bicyclic) bond motifs is 3. The van der Waals surface area contributed by atoms with Crippen LogP contribution in [0.2, 0.25) is 0 Å². The van der Waals surface area contributed by atoms with Gasteiger partial charge in [0.1, 0.15) is 0 Å². The van der Waals surface area contributed by atoms with Crippen LogP contribution in [-0.4, -0.2) is 15.9 Å². The number of hydrogen-bond acceptors (Lipinski definition) is 2. The van der Waals surface area contributed by atoms with E-state index in [1.807, 2.05) is 13.0 Å². The van der Waals surface area contributed by atoms with Gasteiger partial charge in [0.05, 0.1) is 12.1 Å². The largest absolute Gasteiger partial charge is 0.390 e. The number of aliphatic hydroxyl groups excluding tert-OH is 1. The maximum absolute atomic E-state index is 11.8. The molecule has 0 aliphatic heterocycles. The van der Waals surface area contributed by atoms with Crippen molar-refractivity contribution >= 4 is 16.7 Å². The molecule has 1 heterocycles. The van der Waals surface area contributed by atoms with Gasteiger partial charge in [-0.2, -0.15) is 0 Å². The van der Waals surface area contributed by atoms with E-state index in [1.165, 1.54) is 5.56 Å². The Labute approximate surface area is 93.1 Å². The number of aliphatic hydroxyl groups is 1. The lowest BCUT2D eigenvalue weighted by atomic mass is 10.0. The SMILES string of the molecule is Cc1cc2c(c3[nH]c(CO)cc13)C(=O)CC2. The van der Waals surface area contributed by atoms with E-state index in [2.05, 4.69) is 11.1 Å². The number of H-pyrrole nitrogens is 1. The van der Waals surface area contributed by atoms with E-state index in [0.717, 1.165) is 34.1 Å². The monoisotopic (exact) mass is 215 g/mol. The van der Waals surface area contributed by atoms with Crippen LogP contribution in [0.5, 0.6) is 0 Å². The van der Waals surface area contributed by atoms with Crippen molar-refractivity contribution in [3.63, 3.8) is 0 Å². The van der Waals surface area contributed by atoms with Gasteiger partial charge in [-0.1, -0.05) is 6.07 Å². The molecule has 1 aromatic heterocycles. The fourth-order valence-corrected chi connectivity index (χ4v) is 2.56. The second-order valence-electron chi connectivity index (χ2n) is 4.39. The summed E-state index contributed by atoms with van der Waals surface area (Å²) >= 11 is 0. The molecule has 2 aromatic rings. The predicted molar refractivity (Wildman–Crippen MR) is 61.6 cm³/mol. The molecule has 0 spiro atoms. The molecule has 2 N–H and O–H groups in total. The van der Waals surface area contributed by atoms with E-state index in [9.17, 15) is 4.79 Å². The Bertz CT molecular complexity index is 595. The summed E-state index contributed by atoms with van der Waals surface area (Å²) in [7, 11) is 0. The number of nitrogens with one attached hydrogen (secondary N) is 1. The number of aryl methyl sites for hydroxylation is 2. The highest BCUT2D eigenvalue weighted by Crippen LogP contribution is 2.32. The van der Waals surface area contributed by atoms with E-state index in [-0.39, 0.29) is 12.4 Å². The Balaban J connectivity index is 2.41. The molecule has 0 amide bonds. The first-order chi connectivity index (χ1) is 7.70. The zero-order chi connectivity index (χ0) is 11.3. The second kappa shape index (κ2) is 3.19. The number of aromatic amines is 1. The van der Waals surface area contributed by atoms with Crippen molar-refractivity contribution < 1.29 is 9.90 Å². The van der Waals surface area contributed by atoms with Gasteiger partial charge in [0.15, 0.2) is 5.78 Å². The molecule has 82 valence electrons. The minimum absolute atomic E-state index is 0.0168. The third-order valence-corrected chi connectivity index (χ3v) is 3.33. The Morgan fingerprint density at radius 1 is 1.38 bits per heavy atom. The molecule has 3 nitrogen and oxygen atoms in total. The normalized spacial score (nSPS) is 14.8. The summed E-state index contributed by atoms with van der Waals surface area (Å²) in [5, 5.41) is 10.2. The topological polar surface area (TPSA) is 53.1 Å². The summed E-state index contributed by atoms with van der Waals surface area (Å²) in [5.41, 5.74) is 4.81. The standard InChI is InChI=1S/C13H13NO2/c1-7-4-8-2-3-11(16)12(8)13-10(7)5-9(6-15)14-13/h4-5,14-15H,2-3,6H2,1H3. The number of Topliss-reactive ketones (excluding diaryl/α,β-unsaturated/α-hetero) is 1. The van der Waals surface area contributed by atoms with Crippen LogP contribution in [0, 0.1) is 6.92 Å². The van der Waals surface area contributed by atoms with Crippen LogP contribution in [0.4, 0.5) is 0 Å². The summed E-state index contributed by atoms with van der Waals surface area (Å²) < 4.78 is 0. The molecular formula is C13H13NO2. The van der Waals surface area contributed by atoms with E-state index >= 15 is 0 Å². The molecule has 0 saturated carbocycles. The molecule has 1 aliphatic rings. The number of ketones is 1. The van der Waals surface area contributed by atoms with E-state index in [0.29, 0.717) is 6.42 Å². The van der Waals surface area contributed by atoms with Crippen LogP contribution >= 0.6 is 0 Å². The fourth-order valence-electron chi connectivity index (χ4n) is 2.56. The van der Waals surface area contributed by atoms with Crippen molar-refractivity contribution in [1.82, 2.24) is 4.98 Å². The van der Waals surface area contributed by atoms with Crippen molar-refractivity contribution in [3.05, 3.63) is 34.5 Å². The molecule has 0 bridgehead atoms. The Morgan fingerprint density at radius 2 is 2.19 bits per heavy atom. The van der Waals surface area contributed by atoms with Crippen LogP contribution in [0.3, 0.4) is 0 Å². The molecule has 0 fully saturated rings. The van der Waals surface area contributed by atoms with E-state index in [4.69, 9.17) is 5.11 Å². The first-order valence-electron chi connectivity index (χ1n) is 5.49. The highest BCUT2D eigenvalue weighted by atomic mass is 16.3. The molecule has 0 unspecified atom stereocenters. The fraction of sp³-hybridized carbons (Fsp3) is 0.308. The van der Waals surface area contributed by atoms with E-state index < -0.39 is 0 Å². The third kappa shape index (κ3) is 1.15. The van der Waals surface area contributed by atoms with Crippen molar-refractivity contribution in [1.29, 1.82) is 0 Å². The first-order valence-corrected chi connectivity index (χ1v) is 5.49. The third-order valence-electron chi connectivity index (χ3n) is 3.33. The number of rotatable bonds is 1. The van der Waals surface area contributed by atoms with Crippen molar-refractivity contribution in [3.8, 4) is 0 Å². The van der Waals surface area contributed by atoms with E-state index in [1.54, 1.807) is 0 Å². The summed E-state index contributed by atoms with van der Waals surface area (Å²) in [4.78, 5) is 15.0. The predicted octanol–water partition coefficient (Wildman–Crippen LogP) is 2.10. The lowest BCUT2D eigenvalue weighted by Gasteiger charge is -2.03. The maximum Gasteiger partial charge on any atom is 0.165 e. The highest BCUT2D eigenvalue weighted by molar-refractivity contribution is 6.11. The average molecular weight is 215 g/mol. The zero-order valence-corrected chi connectivity index (χ0v) is 9.13. The van der Waals surface area contributed by atoms with Gasteiger partial charge < -0.3 is 10.1 Å². The molecule has 0 radical (unpaired) electrons. The smallest absolute Gasteiger partial charge is 0.165 e. The number of carbonyl (C=O) groups is 1. The Kier molecular flexibility index (Phi) is 1.91. The van der Waals surface area contributed by atoms with Crippen molar-refractivity contribution in [2.24, 2.45) is 0 Å². The second-order valence-corrected chi connectivity index (χ2v) is 4.39. The highest BCUT2D eigenvalue weighted by Gasteiger charge is 2.24. The van der Waals surface area contributed by atoms with Gasteiger partial charge in [-0.15, -0.1) is 0 Å². The molecule has 1 aliphatic carbocycles. The summed E-state index contributed by atoms with van der Waals surface area (Å²) in [6.45, 7) is 2.03. The minimum atomic E-state index is -0.0168. The number of hydrogen-bond donors (Lipinski definition) is 2. The molecule has 0 atom stereocenters. The first kappa shape index (κ1) is 9.60. The van der Waals surface area contributed by atoms with Gasteiger partial charge in [-0.3, -0.25) is 4.79 Å². The average Bonchev–Trinajstić information content (AvgIpc) is 2.82. The summed E-state index contributed by atoms with van der Waals surface area (Å²) in [6.07, 6.45) is 1.46. The lowest BCUT2D eigenvalue weighted by Crippen LogP contribution is -1.94. The molecule has 1 aromatic carbocycles. The minimum Gasteiger partial charge on any atom is -0.390 e. The van der Waals surface area contributed by atoms with Crippen LogP contribution in [-0.2, 0) is 13.0 Å². The van der Waals surface area contributed by atoms with Gasteiger partial charge in [-0.05, 0) is 30.5 Å². The Hall–Kier alpha value is -1.61. The van der Waals surface area contributed by atoms with Crippen LogP contribution < -0.4 is 0 Å². The van der Waals surface area contributed by atoms with Gasteiger partial charge >= 0.3 is 0 Å². The molecular weight excluding hydrogens is 202 g/mol. The van der Waals surface area contributed by atoms with Crippen molar-refractivity contribution in [2.75, 3.05) is 0 Å². The maximum atomic E-state index is 11.8. The zero-order valence-electron chi connectivity index (χ0n) is 9.13. The summed E-state index contributed by atoms with van der Waals surface area (Å²) in [6, 6.07) is 4.02. The molecule has 0 saturated heterocycles. The molecule has 3 rings (SSSR count). The van der Waals surface area contributed by atoms with Gasteiger partial charge in [0, 0.05) is 23.1 Å². The van der Waals surface area contributed by atoms with Gasteiger partial charge in [0.2, 0.25) is 0 Å². The van der Waals surface area contributed by atoms with Gasteiger partial charge in [-0.25, -0.2) is 0 Å². The number of aromatic nitrogens is 1. The van der Waals surface area contributed by atoms with Crippen molar-refractivity contribution in [2.45, 2.75) is 26.4 Å². The van der Waals surface area contributed by atoms with Crippen LogP contribution in [0.1, 0.15) is 33.6 Å². The Morgan fingerprint density at radius 3 is 2.94 bits per heavy atom. The van der Waals surface area contributed by atoms with Crippen LogP contribution in [0.25, 0.3) is 10.9 Å². The number of carbonyl (C=O) groups excluding carboxylic acids is 1. The summed E-state index contributed by atoms with van der Waals surface area (Å²) in [5.74, 6) is 0.214. The molecule has 16 heavy (non-hydrogen) atoms. The molecule has 3 heteroatoms. The van der Waals surface area contributed by atoms with Gasteiger partial charge in [0.25, 0.3) is 0 Å². The lowest BCUT2D eigenvalue weighted by molar-refractivity contribution is 0.0996. The quantitative estimate of drug-likeness (QED) is 0.765. The van der Waals surface area contributed by atoms with Crippen LogP contribution in [0.15, 0.2) is 12.1 Å². The number of benzene rings is 1.